The van der Waals surface area contributed by atoms with Crippen molar-refractivity contribution in [1.29, 1.82) is 0 Å². The van der Waals surface area contributed by atoms with Gasteiger partial charge in [0.25, 0.3) is 0 Å². The molecule has 62 valence electrons. The summed E-state index contributed by atoms with van der Waals surface area (Å²) in [6, 6.07) is 0. The molecule has 0 aromatic carbocycles. The number of hydrogen-bond acceptors (Lipinski definition) is 0. The van der Waals surface area contributed by atoms with Crippen LogP contribution in [0.25, 0.3) is 25.3 Å². The van der Waals surface area contributed by atoms with Crippen LogP contribution in [-0.2, 0) is 0 Å². The molecule has 1 heteroatoms. The van der Waals surface area contributed by atoms with Gasteiger partial charge in [-0.3, -0.25) is 0 Å². The third-order valence-corrected chi connectivity index (χ3v) is 1.78. The molecule has 0 saturated heterocycles. The summed E-state index contributed by atoms with van der Waals surface area (Å²) in [4.78, 5) is 3.07. The highest BCUT2D eigenvalue weighted by Gasteiger charge is 1.99. The molecule has 0 amide bonds. The van der Waals surface area contributed by atoms with Crippen molar-refractivity contribution in [3.05, 3.63) is 34.5 Å². The molecule has 12 heavy (non-hydrogen) atoms. The monoisotopic (exact) mass is 159 g/mol. The first-order valence-corrected chi connectivity index (χ1v) is 3.85. The van der Waals surface area contributed by atoms with Crippen molar-refractivity contribution in [2.45, 2.75) is 6.92 Å². The summed E-state index contributed by atoms with van der Waals surface area (Å²) >= 11 is 0. The third-order valence-electron chi connectivity index (χ3n) is 1.78. The molecule has 0 bridgehead atoms. The fourth-order valence-electron chi connectivity index (χ4n) is 1.23. The van der Waals surface area contributed by atoms with E-state index in [4.69, 9.17) is 0 Å². The van der Waals surface area contributed by atoms with E-state index in [1.165, 1.54) is 0 Å². The van der Waals surface area contributed by atoms with Crippen molar-refractivity contribution < 1.29 is 0 Å². The van der Waals surface area contributed by atoms with E-state index in [9.17, 15) is 0 Å². The first-order chi connectivity index (χ1) is 5.70. The average Bonchev–Trinajstić information content (AvgIpc) is 2.28. The lowest BCUT2D eigenvalue weighted by molar-refractivity contribution is 1.28. The topological polar surface area (TPSA) is 15.8 Å². The van der Waals surface area contributed by atoms with Gasteiger partial charge >= 0.3 is 0 Å². The van der Waals surface area contributed by atoms with Crippen molar-refractivity contribution in [3.63, 3.8) is 0 Å². The van der Waals surface area contributed by atoms with Gasteiger partial charge in [0.05, 0.1) is 0 Å². The highest BCUT2D eigenvalue weighted by Crippen LogP contribution is 2.01. The van der Waals surface area contributed by atoms with Gasteiger partial charge in [0.15, 0.2) is 0 Å². The van der Waals surface area contributed by atoms with Gasteiger partial charge in [-0.25, -0.2) is 0 Å². The Hall–Kier alpha value is -1.50. The SMILES string of the molecule is C=Cc1c(/C=C\C)c(=C)[nH]c1=C. The number of rotatable bonds is 2. The van der Waals surface area contributed by atoms with Crippen LogP contribution in [0.1, 0.15) is 18.1 Å². The van der Waals surface area contributed by atoms with Crippen molar-refractivity contribution >= 4 is 25.3 Å². The fraction of sp³-hybridized carbons (Fsp3) is 0.0909. The van der Waals surface area contributed by atoms with Crippen LogP contribution in [0.3, 0.4) is 0 Å². The molecule has 0 aliphatic carbocycles. The minimum Gasteiger partial charge on any atom is -0.355 e. The minimum atomic E-state index is 0.878. The van der Waals surface area contributed by atoms with Gasteiger partial charge in [-0.1, -0.05) is 38.0 Å². The summed E-state index contributed by atoms with van der Waals surface area (Å²) < 4.78 is 0. The predicted molar refractivity (Wildman–Crippen MR) is 55.9 cm³/mol. The van der Waals surface area contributed by atoms with E-state index in [1.807, 2.05) is 19.1 Å². The number of aromatic nitrogens is 1. The van der Waals surface area contributed by atoms with Gasteiger partial charge in [-0.15, -0.1) is 0 Å². The molecule has 0 aliphatic heterocycles. The maximum absolute atomic E-state index is 3.87. The van der Waals surface area contributed by atoms with Crippen LogP contribution in [0.5, 0.6) is 0 Å². The Morgan fingerprint density at radius 1 is 1.17 bits per heavy atom. The second-order valence-electron chi connectivity index (χ2n) is 2.61. The summed E-state index contributed by atoms with van der Waals surface area (Å²) in [5.41, 5.74) is 2.12. The van der Waals surface area contributed by atoms with Gasteiger partial charge in [0.1, 0.15) is 0 Å². The van der Waals surface area contributed by atoms with Crippen LogP contribution in [0.4, 0.5) is 0 Å². The second kappa shape index (κ2) is 3.26. The summed E-state index contributed by atoms with van der Waals surface area (Å²) in [6.07, 6.45) is 5.78. The molecule has 0 radical (unpaired) electrons. The van der Waals surface area contributed by atoms with Crippen LogP contribution in [0, 0.1) is 0 Å². The Bertz CT molecular complexity index is 407. The Morgan fingerprint density at radius 3 is 2.25 bits per heavy atom. The van der Waals surface area contributed by atoms with E-state index in [0.29, 0.717) is 0 Å². The van der Waals surface area contributed by atoms with Gasteiger partial charge in [-0.2, -0.15) is 0 Å². The molecule has 1 rings (SSSR count). The predicted octanol–water partition coefficient (Wildman–Crippen LogP) is 1.51. The molecule has 0 saturated carbocycles. The van der Waals surface area contributed by atoms with Crippen LogP contribution < -0.4 is 10.7 Å². The van der Waals surface area contributed by atoms with E-state index in [0.717, 1.165) is 21.8 Å². The normalized spacial score (nSPS) is 10.8. The molecule has 0 fully saturated rings. The van der Waals surface area contributed by atoms with E-state index in [2.05, 4.69) is 24.7 Å². The standard InChI is InChI=1S/C11H13N/c1-5-7-11-9(4)12-8(3)10(11)6-2/h5-7,12H,2-4H2,1H3/b7-5-. The average molecular weight is 159 g/mol. The van der Waals surface area contributed by atoms with E-state index in [1.54, 1.807) is 6.08 Å². The van der Waals surface area contributed by atoms with Crippen molar-refractivity contribution in [3.8, 4) is 0 Å². The van der Waals surface area contributed by atoms with Crippen LogP contribution >= 0.6 is 0 Å². The van der Waals surface area contributed by atoms with Crippen LogP contribution in [-0.4, -0.2) is 4.98 Å². The summed E-state index contributed by atoms with van der Waals surface area (Å²) in [6.45, 7) is 13.4. The molecule has 1 N–H and O–H groups in total. The summed E-state index contributed by atoms with van der Waals surface area (Å²) in [5, 5.41) is 1.77. The molecule has 0 aliphatic rings. The van der Waals surface area contributed by atoms with Crippen LogP contribution in [0.2, 0.25) is 0 Å². The molecule has 1 aromatic heterocycles. The molecule has 1 aromatic rings. The maximum Gasteiger partial charge on any atom is 0.0391 e. The second-order valence-corrected chi connectivity index (χ2v) is 2.61. The largest absolute Gasteiger partial charge is 0.355 e. The molecule has 1 heterocycles. The lowest BCUT2D eigenvalue weighted by Gasteiger charge is -1.89. The summed E-state index contributed by atoms with van der Waals surface area (Å²) in [5.74, 6) is 0. The molecular formula is C11H13N. The number of H-pyrrole nitrogens is 1. The first-order valence-electron chi connectivity index (χ1n) is 3.85. The van der Waals surface area contributed by atoms with E-state index < -0.39 is 0 Å². The minimum absolute atomic E-state index is 0.878. The van der Waals surface area contributed by atoms with E-state index >= 15 is 0 Å². The van der Waals surface area contributed by atoms with Gasteiger partial charge < -0.3 is 4.98 Å². The molecule has 0 unspecified atom stereocenters. The zero-order valence-electron chi connectivity index (χ0n) is 7.35. The van der Waals surface area contributed by atoms with Gasteiger partial charge in [0, 0.05) is 21.8 Å². The zero-order chi connectivity index (χ0) is 9.14. The third kappa shape index (κ3) is 1.26. The number of nitrogens with one attached hydrogen (secondary N) is 1. The van der Waals surface area contributed by atoms with Crippen molar-refractivity contribution in [1.82, 2.24) is 4.98 Å². The zero-order valence-corrected chi connectivity index (χ0v) is 7.35. The Kier molecular flexibility index (Phi) is 2.34. The smallest absolute Gasteiger partial charge is 0.0391 e. The Balaban J connectivity index is 3.53. The highest BCUT2D eigenvalue weighted by molar-refractivity contribution is 5.64. The maximum atomic E-state index is 3.87. The molecule has 1 nitrogen and oxygen atoms in total. The number of hydrogen-bond donors (Lipinski definition) is 1. The van der Waals surface area contributed by atoms with Gasteiger partial charge in [0.2, 0.25) is 0 Å². The quantitative estimate of drug-likeness (QED) is 0.673. The highest BCUT2D eigenvalue weighted by atomic mass is 14.7. The van der Waals surface area contributed by atoms with Crippen molar-refractivity contribution in [2.75, 3.05) is 0 Å². The Morgan fingerprint density at radius 2 is 1.75 bits per heavy atom. The molecular weight excluding hydrogens is 146 g/mol. The first kappa shape index (κ1) is 8.60. The number of allylic oxidation sites excluding steroid dienone is 1. The summed E-state index contributed by atoms with van der Waals surface area (Å²) in [7, 11) is 0. The van der Waals surface area contributed by atoms with E-state index in [-0.39, 0.29) is 0 Å². The molecule has 0 spiro atoms. The van der Waals surface area contributed by atoms with Gasteiger partial charge in [-0.05, 0) is 6.92 Å². The van der Waals surface area contributed by atoms with Crippen LogP contribution in [0.15, 0.2) is 12.7 Å². The lowest BCUT2D eigenvalue weighted by atomic mass is 10.1. The molecule has 0 atom stereocenters. The Labute approximate surface area is 72.4 Å². The van der Waals surface area contributed by atoms with Crippen molar-refractivity contribution in [2.24, 2.45) is 0 Å². The fourth-order valence-corrected chi connectivity index (χ4v) is 1.23. The number of aromatic amines is 1. The lowest BCUT2D eigenvalue weighted by Crippen LogP contribution is -2.06.